The molecule has 8 nitrogen and oxygen atoms in total. The third-order valence-electron chi connectivity index (χ3n) is 4.52. The van der Waals surface area contributed by atoms with Crippen LogP contribution in [-0.2, 0) is 37.3 Å². The lowest BCUT2D eigenvalue weighted by Crippen LogP contribution is -2.23. The van der Waals surface area contributed by atoms with Gasteiger partial charge in [-0.15, -0.1) is 0 Å². The second-order valence-electron chi connectivity index (χ2n) is 6.93. The third-order valence-corrected chi connectivity index (χ3v) is 5.93. The molecule has 3 aromatic rings. The van der Waals surface area contributed by atoms with Crippen LogP contribution in [0.5, 0.6) is 0 Å². The lowest BCUT2D eigenvalue weighted by atomic mass is 10.2. The van der Waals surface area contributed by atoms with E-state index in [1.807, 2.05) is 30.3 Å². The quantitative estimate of drug-likeness (QED) is 0.428. The number of ether oxygens (including phenoxy) is 1. The Morgan fingerprint density at radius 2 is 1.66 bits per heavy atom. The van der Waals surface area contributed by atoms with Gasteiger partial charge in [0.25, 0.3) is 0 Å². The summed E-state index contributed by atoms with van der Waals surface area (Å²) in [6.07, 6.45) is 2.01. The summed E-state index contributed by atoms with van der Waals surface area (Å²) < 4.78 is 37.3. The van der Waals surface area contributed by atoms with Gasteiger partial charge in [0.2, 0.25) is 15.9 Å². The SMILES string of the molecule is O=C(CCC(=O)OCCc1ccccc1)Nc1ccc(S(=O)(=O)NCc2ccco2)cc1. The van der Waals surface area contributed by atoms with Crippen molar-refractivity contribution >= 4 is 27.6 Å². The first kappa shape index (κ1) is 23.2. The molecular formula is C23H24N2O6S. The van der Waals surface area contributed by atoms with Crippen LogP contribution >= 0.6 is 0 Å². The topological polar surface area (TPSA) is 115 Å². The standard InChI is InChI=1S/C23H24N2O6S/c26-22(12-13-23(27)31-16-14-18-5-2-1-3-6-18)25-19-8-10-21(11-9-19)32(28,29)24-17-20-7-4-15-30-20/h1-11,15,24H,12-14,16-17H2,(H,25,26). The van der Waals surface area contributed by atoms with Gasteiger partial charge in [0.1, 0.15) is 5.76 Å². The van der Waals surface area contributed by atoms with Crippen LogP contribution in [-0.4, -0.2) is 26.9 Å². The van der Waals surface area contributed by atoms with Crippen LogP contribution in [0.2, 0.25) is 0 Å². The molecule has 3 rings (SSSR count). The van der Waals surface area contributed by atoms with E-state index in [4.69, 9.17) is 9.15 Å². The highest BCUT2D eigenvalue weighted by molar-refractivity contribution is 7.89. The zero-order valence-electron chi connectivity index (χ0n) is 17.3. The molecule has 0 saturated heterocycles. The Balaban J connectivity index is 1.39. The molecule has 0 aliphatic heterocycles. The smallest absolute Gasteiger partial charge is 0.306 e. The van der Waals surface area contributed by atoms with Crippen LogP contribution in [0.4, 0.5) is 5.69 Å². The zero-order chi connectivity index (χ0) is 22.8. The van der Waals surface area contributed by atoms with E-state index in [0.29, 0.717) is 17.9 Å². The molecule has 0 unspecified atom stereocenters. The molecule has 0 bridgehead atoms. The van der Waals surface area contributed by atoms with Gasteiger partial charge in [0, 0.05) is 18.5 Å². The predicted octanol–water partition coefficient (Wildman–Crippen LogP) is 3.26. The number of hydrogen-bond acceptors (Lipinski definition) is 6. The molecule has 1 heterocycles. The summed E-state index contributed by atoms with van der Waals surface area (Å²) in [7, 11) is -3.72. The average molecular weight is 457 g/mol. The number of benzene rings is 2. The maximum Gasteiger partial charge on any atom is 0.306 e. The number of anilines is 1. The third kappa shape index (κ3) is 7.36. The summed E-state index contributed by atoms with van der Waals surface area (Å²) in [6, 6.07) is 18.7. The van der Waals surface area contributed by atoms with Crippen molar-refractivity contribution in [2.24, 2.45) is 0 Å². The molecule has 0 spiro atoms. The minimum absolute atomic E-state index is 0.0328. The van der Waals surface area contributed by atoms with Crippen molar-refractivity contribution in [3.63, 3.8) is 0 Å². The first-order valence-corrected chi connectivity index (χ1v) is 11.5. The molecule has 2 aromatic carbocycles. The van der Waals surface area contributed by atoms with Gasteiger partial charge in [-0.05, 0) is 42.0 Å². The fourth-order valence-corrected chi connectivity index (χ4v) is 3.81. The molecule has 0 aliphatic carbocycles. The van der Waals surface area contributed by atoms with Gasteiger partial charge in [-0.25, -0.2) is 13.1 Å². The van der Waals surface area contributed by atoms with Crippen LogP contribution < -0.4 is 10.0 Å². The van der Waals surface area contributed by atoms with Gasteiger partial charge >= 0.3 is 5.97 Å². The molecule has 168 valence electrons. The van der Waals surface area contributed by atoms with Crippen molar-refractivity contribution in [2.75, 3.05) is 11.9 Å². The second kappa shape index (κ2) is 11.3. The molecule has 9 heteroatoms. The minimum Gasteiger partial charge on any atom is -0.468 e. The van der Waals surface area contributed by atoms with Gasteiger partial charge in [0.05, 0.1) is 30.7 Å². The molecule has 0 aliphatic rings. The fourth-order valence-electron chi connectivity index (χ4n) is 2.82. The highest BCUT2D eigenvalue weighted by Gasteiger charge is 2.15. The molecule has 1 aromatic heterocycles. The second-order valence-corrected chi connectivity index (χ2v) is 8.70. The maximum absolute atomic E-state index is 12.3. The van der Waals surface area contributed by atoms with Crippen LogP contribution in [0.3, 0.4) is 0 Å². The number of furan rings is 1. The normalized spacial score (nSPS) is 11.1. The van der Waals surface area contributed by atoms with Gasteiger partial charge in [-0.1, -0.05) is 30.3 Å². The predicted molar refractivity (Wildman–Crippen MR) is 118 cm³/mol. The number of carbonyl (C=O) groups excluding carboxylic acids is 2. The van der Waals surface area contributed by atoms with Gasteiger partial charge < -0.3 is 14.5 Å². The van der Waals surface area contributed by atoms with E-state index in [2.05, 4.69) is 10.0 Å². The number of rotatable bonds is 11. The largest absolute Gasteiger partial charge is 0.468 e. The number of carbonyl (C=O) groups is 2. The van der Waals surface area contributed by atoms with E-state index in [-0.39, 0.29) is 36.8 Å². The van der Waals surface area contributed by atoms with Crippen LogP contribution in [0.15, 0.2) is 82.3 Å². The molecule has 32 heavy (non-hydrogen) atoms. The number of sulfonamides is 1. The average Bonchev–Trinajstić information content (AvgIpc) is 3.31. The van der Waals surface area contributed by atoms with Crippen molar-refractivity contribution in [3.8, 4) is 0 Å². The van der Waals surface area contributed by atoms with E-state index < -0.39 is 16.0 Å². The molecule has 1 amide bonds. The summed E-state index contributed by atoms with van der Waals surface area (Å²) in [5, 5.41) is 2.64. The maximum atomic E-state index is 12.3. The molecule has 0 saturated carbocycles. The summed E-state index contributed by atoms with van der Waals surface area (Å²) in [4.78, 5) is 23.9. The number of amides is 1. The monoisotopic (exact) mass is 456 g/mol. The number of nitrogens with one attached hydrogen (secondary N) is 2. The Hall–Kier alpha value is -3.43. The minimum atomic E-state index is -3.72. The van der Waals surface area contributed by atoms with E-state index >= 15 is 0 Å². The summed E-state index contributed by atoms with van der Waals surface area (Å²) in [5.41, 5.74) is 1.50. The Kier molecular flexibility index (Phi) is 8.18. The van der Waals surface area contributed by atoms with Crippen molar-refractivity contribution in [3.05, 3.63) is 84.3 Å². The van der Waals surface area contributed by atoms with E-state index in [9.17, 15) is 18.0 Å². The van der Waals surface area contributed by atoms with Crippen molar-refractivity contribution in [1.82, 2.24) is 4.72 Å². The molecule has 0 fully saturated rings. The van der Waals surface area contributed by atoms with E-state index in [1.165, 1.54) is 30.5 Å². The Bertz CT molecular complexity index is 1110. The molecular weight excluding hydrogens is 432 g/mol. The molecule has 0 atom stereocenters. The van der Waals surface area contributed by atoms with Gasteiger partial charge in [-0.2, -0.15) is 0 Å². The van der Waals surface area contributed by atoms with Crippen molar-refractivity contribution in [2.45, 2.75) is 30.7 Å². The van der Waals surface area contributed by atoms with Crippen molar-refractivity contribution in [1.29, 1.82) is 0 Å². The first-order chi connectivity index (χ1) is 15.4. The highest BCUT2D eigenvalue weighted by Crippen LogP contribution is 2.15. The van der Waals surface area contributed by atoms with Crippen LogP contribution in [0.25, 0.3) is 0 Å². The summed E-state index contributed by atoms with van der Waals surface area (Å²) in [5.74, 6) is -0.312. The molecule has 2 N–H and O–H groups in total. The number of hydrogen-bond donors (Lipinski definition) is 2. The van der Waals surface area contributed by atoms with E-state index in [1.54, 1.807) is 12.1 Å². The van der Waals surface area contributed by atoms with Crippen LogP contribution in [0, 0.1) is 0 Å². The lowest BCUT2D eigenvalue weighted by molar-refractivity contribution is -0.144. The Morgan fingerprint density at radius 1 is 0.906 bits per heavy atom. The van der Waals surface area contributed by atoms with Crippen molar-refractivity contribution < 1.29 is 27.2 Å². The summed E-state index contributed by atoms with van der Waals surface area (Å²) in [6.45, 7) is 0.295. The summed E-state index contributed by atoms with van der Waals surface area (Å²) >= 11 is 0. The zero-order valence-corrected chi connectivity index (χ0v) is 18.1. The lowest BCUT2D eigenvalue weighted by Gasteiger charge is -2.08. The highest BCUT2D eigenvalue weighted by atomic mass is 32.2. The molecule has 0 radical (unpaired) electrons. The van der Waals surface area contributed by atoms with Gasteiger partial charge in [0.15, 0.2) is 0 Å². The van der Waals surface area contributed by atoms with Gasteiger partial charge in [-0.3, -0.25) is 9.59 Å². The van der Waals surface area contributed by atoms with Crippen LogP contribution in [0.1, 0.15) is 24.2 Å². The van der Waals surface area contributed by atoms with E-state index in [0.717, 1.165) is 5.56 Å². The Morgan fingerprint density at radius 3 is 2.34 bits per heavy atom. The first-order valence-electron chi connectivity index (χ1n) is 10.0. The fraction of sp³-hybridized carbons (Fsp3) is 0.217. The Labute approximate surface area is 186 Å². The number of esters is 1.